The SMILES string of the molecule is CCCCCCCC(C)NCCOC1CCCCC1. The van der Waals surface area contributed by atoms with Gasteiger partial charge in [-0.2, -0.15) is 0 Å². The molecule has 0 spiro atoms. The maximum Gasteiger partial charge on any atom is 0.0594 e. The summed E-state index contributed by atoms with van der Waals surface area (Å²) in [5.41, 5.74) is 0. The fraction of sp³-hybridized carbons (Fsp3) is 1.00. The van der Waals surface area contributed by atoms with Crippen LogP contribution in [-0.4, -0.2) is 25.3 Å². The van der Waals surface area contributed by atoms with E-state index in [1.165, 1.54) is 70.6 Å². The second-order valence-electron chi connectivity index (χ2n) is 6.19. The minimum Gasteiger partial charge on any atom is -0.377 e. The van der Waals surface area contributed by atoms with Crippen molar-refractivity contribution in [2.75, 3.05) is 13.2 Å². The van der Waals surface area contributed by atoms with Crippen LogP contribution < -0.4 is 5.32 Å². The molecule has 1 atom stereocenters. The number of nitrogens with one attached hydrogen (secondary N) is 1. The summed E-state index contributed by atoms with van der Waals surface area (Å²) in [7, 11) is 0. The average Bonchev–Trinajstić information content (AvgIpc) is 2.44. The minimum atomic E-state index is 0.555. The standard InChI is InChI=1S/C17H35NO/c1-3-4-5-6-8-11-16(2)18-14-15-19-17-12-9-7-10-13-17/h16-18H,3-15H2,1-2H3. The minimum absolute atomic E-state index is 0.555. The Balaban J connectivity index is 1.85. The number of ether oxygens (including phenoxy) is 1. The summed E-state index contributed by atoms with van der Waals surface area (Å²) in [5, 5.41) is 3.59. The Bertz CT molecular complexity index is 190. The zero-order chi connectivity index (χ0) is 13.8. The van der Waals surface area contributed by atoms with Gasteiger partial charge >= 0.3 is 0 Å². The van der Waals surface area contributed by atoms with E-state index < -0.39 is 0 Å². The second kappa shape index (κ2) is 11.7. The van der Waals surface area contributed by atoms with E-state index in [4.69, 9.17) is 4.74 Å². The first-order chi connectivity index (χ1) is 9.33. The van der Waals surface area contributed by atoms with E-state index >= 15 is 0 Å². The summed E-state index contributed by atoms with van der Waals surface area (Å²) in [6, 6.07) is 0.650. The predicted molar refractivity (Wildman–Crippen MR) is 83.7 cm³/mol. The number of unbranched alkanes of at least 4 members (excludes halogenated alkanes) is 4. The lowest BCUT2D eigenvalue weighted by Crippen LogP contribution is -2.31. The summed E-state index contributed by atoms with van der Waals surface area (Å²) in [5.74, 6) is 0. The molecule has 1 aliphatic rings. The monoisotopic (exact) mass is 269 g/mol. The zero-order valence-corrected chi connectivity index (χ0v) is 13.3. The molecule has 1 aliphatic carbocycles. The van der Waals surface area contributed by atoms with Crippen molar-refractivity contribution in [3.8, 4) is 0 Å². The molecule has 0 saturated heterocycles. The van der Waals surface area contributed by atoms with E-state index in [2.05, 4.69) is 19.2 Å². The predicted octanol–water partition coefficient (Wildman–Crippen LogP) is 4.67. The van der Waals surface area contributed by atoms with E-state index in [9.17, 15) is 0 Å². The highest BCUT2D eigenvalue weighted by molar-refractivity contribution is 4.66. The van der Waals surface area contributed by atoms with Gasteiger partial charge in [0.2, 0.25) is 0 Å². The molecule has 1 fully saturated rings. The van der Waals surface area contributed by atoms with Gasteiger partial charge in [0.25, 0.3) is 0 Å². The second-order valence-corrected chi connectivity index (χ2v) is 6.19. The third kappa shape index (κ3) is 9.45. The molecule has 0 bridgehead atoms. The highest BCUT2D eigenvalue weighted by Gasteiger charge is 2.13. The first kappa shape index (κ1) is 17.0. The van der Waals surface area contributed by atoms with Gasteiger partial charge in [0.15, 0.2) is 0 Å². The van der Waals surface area contributed by atoms with Crippen LogP contribution in [0.2, 0.25) is 0 Å². The van der Waals surface area contributed by atoms with E-state index in [0.717, 1.165) is 13.2 Å². The van der Waals surface area contributed by atoms with E-state index in [1.54, 1.807) is 0 Å². The van der Waals surface area contributed by atoms with Gasteiger partial charge in [0, 0.05) is 12.6 Å². The lowest BCUT2D eigenvalue weighted by molar-refractivity contribution is 0.0294. The molecule has 0 radical (unpaired) electrons. The van der Waals surface area contributed by atoms with Crippen LogP contribution in [0.1, 0.15) is 84.5 Å². The molecule has 0 aromatic rings. The van der Waals surface area contributed by atoms with Crippen molar-refractivity contribution in [2.45, 2.75) is 96.6 Å². The molecular weight excluding hydrogens is 234 g/mol. The lowest BCUT2D eigenvalue weighted by atomic mass is 9.98. The summed E-state index contributed by atoms with van der Waals surface area (Å²) in [6.07, 6.45) is 15.5. The van der Waals surface area contributed by atoms with Crippen LogP contribution in [0.5, 0.6) is 0 Å². The maximum absolute atomic E-state index is 5.93. The molecule has 0 amide bonds. The van der Waals surface area contributed by atoms with Gasteiger partial charge in [-0.05, 0) is 26.2 Å². The van der Waals surface area contributed by atoms with Gasteiger partial charge < -0.3 is 10.1 Å². The van der Waals surface area contributed by atoms with Gasteiger partial charge in [0.05, 0.1) is 12.7 Å². The first-order valence-corrected chi connectivity index (χ1v) is 8.68. The van der Waals surface area contributed by atoms with Gasteiger partial charge in [-0.1, -0.05) is 58.3 Å². The molecule has 19 heavy (non-hydrogen) atoms. The highest BCUT2D eigenvalue weighted by atomic mass is 16.5. The van der Waals surface area contributed by atoms with Crippen molar-refractivity contribution in [3.63, 3.8) is 0 Å². The van der Waals surface area contributed by atoms with Crippen LogP contribution in [0.4, 0.5) is 0 Å². The van der Waals surface area contributed by atoms with Crippen LogP contribution in [-0.2, 0) is 4.74 Å². The smallest absolute Gasteiger partial charge is 0.0594 e. The highest BCUT2D eigenvalue weighted by Crippen LogP contribution is 2.19. The van der Waals surface area contributed by atoms with Crippen molar-refractivity contribution in [1.29, 1.82) is 0 Å². The maximum atomic E-state index is 5.93. The Hall–Kier alpha value is -0.0800. The Morgan fingerprint density at radius 3 is 2.53 bits per heavy atom. The van der Waals surface area contributed by atoms with E-state index in [0.29, 0.717) is 12.1 Å². The first-order valence-electron chi connectivity index (χ1n) is 8.68. The molecular formula is C17H35NO. The van der Waals surface area contributed by atoms with Gasteiger partial charge in [-0.3, -0.25) is 0 Å². The fourth-order valence-corrected chi connectivity index (χ4v) is 2.92. The molecule has 1 unspecified atom stereocenters. The molecule has 0 aromatic carbocycles. The molecule has 0 aliphatic heterocycles. The van der Waals surface area contributed by atoms with E-state index in [-0.39, 0.29) is 0 Å². The van der Waals surface area contributed by atoms with Crippen molar-refractivity contribution >= 4 is 0 Å². The van der Waals surface area contributed by atoms with Crippen LogP contribution >= 0.6 is 0 Å². The summed E-state index contributed by atoms with van der Waals surface area (Å²) < 4.78 is 5.93. The molecule has 1 saturated carbocycles. The Morgan fingerprint density at radius 1 is 1.05 bits per heavy atom. The number of hydrogen-bond acceptors (Lipinski definition) is 2. The molecule has 2 nitrogen and oxygen atoms in total. The van der Waals surface area contributed by atoms with Gasteiger partial charge in [-0.15, -0.1) is 0 Å². The quantitative estimate of drug-likeness (QED) is 0.550. The van der Waals surface area contributed by atoms with Crippen LogP contribution in [0.25, 0.3) is 0 Å². The summed E-state index contributed by atoms with van der Waals surface area (Å²) >= 11 is 0. The average molecular weight is 269 g/mol. The van der Waals surface area contributed by atoms with Crippen LogP contribution in [0, 0.1) is 0 Å². The normalized spacial score (nSPS) is 18.6. The Morgan fingerprint density at radius 2 is 1.79 bits per heavy atom. The number of rotatable bonds is 11. The van der Waals surface area contributed by atoms with Gasteiger partial charge in [-0.25, -0.2) is 0 Å². The Kier molecular flexibility index (Phi) is 10.5. The van der Waals surface area contributed by atoms with Crippen molar-refractivity contribution in [3.05, 3.63) is 0 Å². The lowest BCUT2D eigenvalue weighted by Gasteiger charge is -2.22. The van der Waals surface area contributed by atoms with Crippen molar-refractivity contribution in [2.24, 2.45) is 0 Å². The van der Waals surface area contributed by atoms with E-state index in [1.807, 2.05) is 0 Å². The molecule has 114 valence electrons. The van der Waals surface area contributed by atoms with Crippen LogP contribution in [0.15, 0.2) is 0 Å². The largest absolute Gasteiger partial charge is 0.377 e. The van der Waals surface area contributed by atoms with Crippen molar-refractivity contribution in [1.82, 2.24) is 5.32 Å². The van der Waals surface area contributed by atoms with Gasteiger partial charge in [0.1, 0.15) is 0 Å². The summed E-state index contributed by atoms with van der Waals surface area (Å²) in [4.78, 5) is 0. The third-order valence-electron chi connectivity index (χ3n) is 4.24. The molecule has 0 aromatic heterocycles. The van der Waals surface area contributed by atoms with Crippen LogP contribution in [0.3, 0.4) is 0 Å². The number of hydrogen-bond donors (Lipinski definition) is 1. The van der Waals surface area contributed by atoms with Crippen molar-refractivity contribution < 1.29 is 4.74 Å². The molecule has 2 heteroatoms. The molecule has 1 N–H and O–H groups in total. The Labute approximate surface area is 120 Å². The third-order valence-corrected chi connectivity index (χ3v) is 4.24. The molecule has 1 rings (SSSR count). The summed E-state index contributed by atoms with van der Waals surface area (Å²) in [6.45, 7) is 6.49. The fourth-order valence-electron chi connectivity index (χ4n) is 2.92. The molecule has 0 heterocycles. The topological polar surface area (TPSA) is 21.3 Å². The zero-order valence-electron chi connectivity index (χ0n) is 13.3.